The monoisotopic (exact) mass is 154 g/mol. The van der Waals surface area contributed by atoms with Crippen molar-refractivity contribution in [2.45, 2.75) is 19.8 Å². The number of aromatic hydroxyl groups is 1. The van der Waals surface area contributed by atoms with E-state index in [9.17, 15) is 4.39 Å². The van der Waals surface area contributed by atoms with Crippen molar-refractivity contribution in [3.8, 4) is 5.75 Å². The van der Waals surface area contributed by atoms with Crippen LogP contribution in [0.25, 0.3) is 0 Å². The summed E-state index contributed by atoms with van der Waals surface area (Å²) in [4.78, 5) is 0. The van der Waals surface area contributed by atoms with Crippen LogP contribution in [-0.4, -0.2) is 5.11 Å². The molecule has 0 atom stereocenters. The Labute approximate surface area is 65.5 Å². The van der Waals surface area contributed by atoms with Crippen molar-refractivity contribution in [1.82, 2.24) is 0 Å². The van der Waals surface area contributed by atoms with Gasteiger partial charge in [0.1, 0.15) is 0 Å². The van der Waals surface area contributed by atoms with Gasteiger partial charge in [-0.05, 0) is 17.5 Å². The maximum absolute atomic E-state index is 13.0. The maximum atomic E-state index is 13.0. The minimum Gasteiger partial charge on any atom is -0.505 e. The van der Waals surface area contributed by atoms with Gasteiger partial charge >= 0.3 is 0 Å². The fraction of sp³-hybridized carbons (Fsp3) is 0.333. The molecule has 1 aromatic rings. The molecule has 1 rings (SSSR count). The largest absolute Gasteiger partial charge is 0.505 e. The summed E-state index contributed by atoms with van der Waals surface area (Å²) in [5.41, 5.74) is 0.560. The average Bonchev–Trinajstić information content (AvgIpc) is 1.94. The van der Waals surface area contributed by atoms with Crippen LogP contribution in [0.15, 0.2) is 18.2 Å². The van der Waals surface area contributed by atoms with Crippen LogP contribution in [0.2, 0.25) is 0 Å². The van der Waals surface area contributed by atoms with E-state index in [-0.39, 0.29) is 11.7 Å². The third-order valence-electron chi connectivity index (χ3n) is 1.63. The molecule has 2 heteroatoms. The Kier molecular flexibility index (Phi) is 2.13. The topological polar surface area (TPSA) is 20.2 Å². The van der Waals surface area contributed by atoms with Gasteiger partial charge in [-0.15, -0.1) is 0 Å². The summed E-state index contributed by atoms with van der Waals surface area (Å²) in [6, 6.07) is 4.68. The molecule has 0 bridgehead atoms. The average molecular weight is 154 g/mol. The first-order chi connectivity index (χ1) is 5.13. The molecule has 0 aliphatic rings. The van der Waals surface area contributed by atoms with Crippen LogP contribution >= 0.6 is 0 Å². The maximum Gasteiger partial charge on any atom is 0.168 e. The van der Waals surface area contributed by atoms with Gasteiger partial charge in [-0.1, -0.05) is 26.0 Å². The summed E-state index contributed by atoms with van der Waals surface area (Å²) in [5, 5.41) is 8.97. The third kappa shape index (κ3) is 1.50. The summed E-state index contributed by atoms with van der Waals surface area (Å²) < 4.78 is 13.0. The van der Waals surface area contributed by atoms with Gasteiger partial charge in [0, 0.05) is 0 Å². The van der Waals surface area contributed by atoms with Gasteiger partial charge in [0.15, 0.2) is 11.6 Å². The molecule has 0 heterocycles. The van der Waals surface area contributed by atoms with E-state index in [4.69, 9.17) is 5.11 Å². The summed E-state index contributed by atoms with van der Waals surface area (Å²) in [6.45, 7) is 3.77. The number of hydrogen-bond donors (Lipinski definition) is 1. The van der Waals surface area contributed by atoms with Crippen LogP contribution in [0, 0.1) is 5.82 Å². The SMILES string of the molecule is CC(C)c1cccc(O)c1F. The predicted molar refractivity (Wildman–Crippen MR) is 42.2 cm³/mol. The first-order valence-electron chi connectivity index (χ1n) is 3.60. The molecular formula is C9H11FO. The Bertz CT molecular complexity index is 256. The van der Waals surface area contributed by atoms with Crippen molar-refractivity contribution in [3.63, 3.8) is 0 Å². The molecule has 60 valence electrons. The minimum atomic E-state index is -0.498. The van der Waals surface area contributed by atoms with Gasteiger partial charge in [-0.2, -0.15) is 0 Å². The van der Waals surface area contributed by atoms with E-state index in [1.807, 2.05) is 13.8 Å². The van der Waals surface area contributed by atoms with Crippen molar-refractivity contribution >= 4 is 0 Å². The molecule has 1 nitrogen and oxygen atoms in total. The Morgan fingerprint density at radius 1 is 1.36 bits per heavy atom. The molecule has 0 saturated heterocycles. The first kappa shape index (κ1) is 8.05. The minimum absolute atomic E-state index is 0.113. The highest BCUT2D eigenvalue weighted by Crippen LogP contribution is 2.24. The van der Waals surface area contributed by atoms with Crippen molar-refractivity contribution in [2.75, 3.05) is 0 Å². The lowest BCUT2D eigenvalue weighted by Crippen LogP contribution is -1.91. The molecule has 0 unspecified atom stereocenters. The molecule has 0 aliphatic carbocycles. The molecule has 11 heavy (non-hydrogen) atoms. The van der Waals surface area contributed by atoms with Gasteiger partial charge in [0.05, 0.1) is 0 Å². The van der Waals surface area contributed by atoms with Crippen LogP contribution in [0.1, 0.15) is 25.3 Å². The summed E-state index contributed by atoms with van der Waals surface area (Å²) >= 11 is 0. The number of rotatable bonds is 1. The van der Waals surface area contributed by atoms with Crippen LogP contribution < -0.4 is 0 Å². The molecule has 0 amide bonds. The Balaban J connectivity index is 3.17. The normalized spacial score (nSPS) is 10.5. The Morgan fingerprint density at radius 3 is 2.45 bits per heavy atom. The van der Waals surface area contributed by atoms with Crippen molar-refractivity contribution in [1.29, 1.82) is 0 Å². The molecule has 1 N–H and O–H groups in total. The molecular weight excluding hydrogens is 143 g/mol. The van der Waals surface area contributed by atoms with E-state index < -0.39 is 5.82 Å². The number of hydrogen-bond acceptors (Lipinski definition) is 1. The van der Waals surface area contributed by atoms with Gasteiger partial charge in [0.2, 0.25) is 0 Å². The van der Waals surface area contributed by atoms with E-state index in [1.54, 1.807) is 12.1 Å². The zero-order chi connectivity index (χ0) is 8.43. The lowest BCUT2D eigenvalue weighted by molar-refractivity contribution is 0.427. The zero-order valence-corrected chi connectivity index (χ0v) is 6.63. The number of benzene rings is 1. The highest BCUT2D eigenvalue weighted by Gasteiger charge is 2.08. The third-order valence-corrected chi connectivity index (χ3v) is 1.63. The van der Waals surface area contributed by atoms with Crippen LogP contribution in [0.5, 0.6) is 5.75 Å². The van der Waals surface area contributed by atoms with Gasteiger partial charge in [0.25, 0.3) is 0 Å². The molecule has 0 aliphatic heterocycles. The molecule has 0 spiro atoms. The highest BCUT2D eigenvalue weighted by molar-refractivity contribution is 5.31. The highest BCUT2D eigenvalue weighted by atomic mass is 19.1. The van der Waals surface area contributed by atoms with Gasteiger partial charge in [-0.3, -0.25) is 0 Å². The van der Waals surface area contributed by atoms with E-state index >= 15 is 0 Å². The summed E-state index contributed by atoms with van der Waals surface area (Å²) in [6.07, 6.45) is 0. The number of phenols is 1. The molecule has 0 saturated carbocycles. The Hall–Kier alpha value is -1.05. The van der Waals surface area contributed by atoms with Gasteiger partial charge in [-0.25, -0.2) is 4.39 Å². The van der Waals surface area contributed by atoms with Crippen LogP contribution in [-0.2, 0) is 0 Å². The lowest BCUT2D eigenvalue weighted by Gasteiger charge is -2.06. The second-order valence-corrected chi connectivity index (χ2v) is 2.84. The second-order valence-electron chi connectivity index (χ2n) is 2.84. The van der Waals surface area contributed by atoms with E-state index in [0.717, 1.165) is 0 Å². The quantitative estimate of drug-likeness (QED) is 0.659. The van der Waals surface area contributed by atoms with Crippen molar-refractivity contribution in [2.24, 2.45) is 0 Å². The van der Waals surface area contributed by atoms with E-state index in [0.29, 0.717) is 5.56 Å². The van der Waals surface area contributed by atoms with Gasteiger partial charge < -0.3 is 5.11 Å². The number of phenolic OH excluding ortho intramolecular Hbond substituents is 1. The van der Waals surface area contributed by atoms with Crippen molar-refractivity contribution in [3.05, 3.63) is 29.6 Å². The molecule has 0 fully saturated rings. The van der Waals surface area contributed by atoms with E-state index in [1.165, 1.54) is 6.07 Å². The number of halogens is 1. The first-order valence-corrected chi connectivity index (χ1v) is 3.60. The molecule has 1 aromatic carbocycles. The van der Waals surface area contributed by atoms with Crippen LogP contribution in [0.3, 0.4) is 0 Å². The zero-order valence-electron chi connectivity index (χ0n) is 6.63. The predicted octanol–water partition coefficient (Wildman–Crippen LogP) is 2.65. The second kappa shape index (κ2) is 2.91. The van der Waals surface area contributed by atoms with Crippen LogP contribution in [0.4, 0.5) is 4.39 Å². The lowest BCUT2D eigenvalue weighted by atomic mass is 10.0. The molecule has 0 radical (unpaired) electrons. The Morgan fingerprint density at radius 2 is 2.00 bits per heavy atom. The van der Waals surface area contributed by atoms with E-state index in [2.05, 4.69) is 0 Å². The van der Waals surface area contributed by atoms with Crippen molar-refractivity contribution < 1.29 is 9.50 Å². The summed E-state index contributed by atoms with van der Waals surface area (Å²) in [5.74, 6) is -0.652. The smallest absolute Gasteiger partial charge is 0.168 e. The fourth-order valence-electron chi connectivity index (χ4n) is 0.983. The fourth-order valence-corrected chi connectivity index (χ4v) is 0.983. The standard InChI is InChI=1S/C9H11FO/c1-6(2)7-4-3-5-8(11)9(7)10/h3-6,11H,1-2H3. The molecule has 0 aromatic heterocycles. The summed E-state index contributed by atoms with van der Waals surface area (Å²) in [7, 11) is 0.